The molecule has 1 saturated heterocycles. The van der Waals surface area contributed by atoms with Gasteiger partial charge in [0.15, 0.2) is 0 Å². The summed E-state index contributed by atoms with van der Waals surface area (Å²) in [5, 5.41) is 4.10. The molecule has 128 valence electrons. The predicted octanol–water partition coefficient (Wildman–Crippen LogP) is 1.81. The van der Waals surface area contributed by atoms with E-state index in [1.54, 1.807) is 36.3 Å². The predicted molar refractivity (Wildman–Crippen MR) is 88.2 cm³/mol. The number of carbonyl (C=O) groups excluding carboxylic acids is 2. The van der Waals surface area contributed by atoms with Gasteiger partial charge in [0.05, 0.1) is 24.6 Å². The van der Waals surface area contributed by atoms with Crippen LogP contribution in [0.5, 0.6) is 5.75 Å². The average molecular weight is 338 g/mol. The molecule has 5 rings (SSSR count). The third-order valence-corrected chi connectivity index (χ3v) is 6.01. The highest BCUT2D eigenvalue weighted by molar-refractivity contribution is 6.22. The molecule has 2 aliphatic carbocycles. The Morgan fingerprint density at radius 3 is 2.44 bits per heavy atom. The summed E-state index contributed by atoms with van der Waals surface area (Å²) in [5.41, 5.74) is 1.28. The summed E-state index contributed by atoms with van der Waals surface area (Å²) in [4.78, 5) is 31.2. The number of imide groups is 1. The first-order valence-corrected chi connectivity index (χ1v) is 8.60. The molecule has 0 radical (unpaired) electrons. The molecule has 1 aliphatic heterocycles. The van der Waals surface area contributed by atoms with Gasteiger partial charge in [0.1, 0.15) is 24.1 Å². The molecule has 3 fully saturated rings. The normalized spacial score (nSPS) is 30.2. The van der Waals surface area contributed by atoms with Gasteiger partial charge in [-0.3, -0.25) is 9.59 Å². The summed E-state index contributed by atoms with van der Waals surface area (Å²) < 4.78 is 7.04. The Kier molecular flexibility index (Phi) is 3.01. The van der Waals surface area contributed by atoms with Crippen molar-refractivity contribution >= 4 is 17.5 Å². The van der Waals surface area contributed by atoms with Gasteiger partial charge >= 0.3 is 0 Å². The smallest absolute Gasteiger partial charge is 0.237 e. The lowest BCUT2D eigenvalue weighted by Crippen LogP contribution is -2.32. The number of hydrogen-bond donors (Lipinski definition) is 0. The number of aromatic nitrogens is 3. The number of amides is 2. The van der Waals surface area contributed by atoms with Crippen LogP contribution in [0.3, 0.4) is 0 Å². The summed E-state index contributed by atoms with van der Waals surface area (Å²) in [6.45, 7) is 0. The second kappa shape index (κ2) is 5.15. The summed E-state index contributed by atoms with van der Waals surface area (Å²) in [6, 6.07) is 5.31. The fourth-order valence-corrected chi connectivity index (χ4v) is 4.99. The van der Waals surface area contributed by atoms with Gasteiger partial charge in [-0.1, -0.05) is 0 Å². The van der Waals surface area contributed by atoms with Gasteiger partial charge in [-0.25, -0.2) is 14.6 Å². The number of hydrogen-bond acceptors (Lipinski definition) is 5. The Balaban J connectivity index is 1.54. The van der Waals surface area contributed by atoms with Gasteiger partial charge in [-0.2, -0.15) is 5.10 Å². The van der Waals surface area contributed by atoms with E-state index in [0.29, 0.717) is 29.0 Å². The molecule has 25 heavy (non-hydrogen) atoms. The Morgan fingerprint density at radius 1 is 1.12 bits per heavy atom. The summed E-state index contributed by atoms with van der Waals surface area (Å²) >= 11 is 0. The Bertz CT molecular complexity index is 835. The second-order valence-electron chi connectivity index (χ2n) is 7.09. The molecular formula is C18H18N4O3. The Morgan fingerprint density at radius 2 is 1.84 bits per heavy atom. The van der Waals surface area contributed by atoms with Crippen LogP contribution in [0.15, 0.2) is 30.9 Å². The third kappa shape index (κ3) is 1.92. The van der Waals surface area contributed by atoms with E-state index < -0.39 is 0 Å². The van der Waals surface area contributed by atoms with Crippen LogP contribution in [0.1, 0.15) is 19.3 Å². The molecule has 2 bridgehead atoms. The minimum Gasteiger partial charge on any atom is -0.494 e. The lowest BCUT2D eigenvalue weighted by atomic mass is 9.81. The number of anilines is 1. The van der Waals surface area contributed by atoms with Gasteiger partial charge in [0, 0.05) is 6.07 Å². The van der Waals surface area contributed by atoms with Crippen LogP contribution in [0.4, 0.5) is 5.69 Å². The monoisotopic (exact) mass is 338 g/mol. The fraction of sp³-hybridized carbons (Fsp3) is 0.444. The molecule has 1 aromatic heterocycles. The first-order valence-electron chi connectivity index (χ1n) is 8.60. The first-order chi connectivity index (χ1) is 12.2. The van der Waals surface area contributed by atoms with Crippen molar-refractivity contribution in [1.29, 1.82) is 0 Å². The van der Waals surface area contributed by atoms with E-state index in [4.69, 9.17) is 4.74 Å². The van der Waals surface area contributed by atoms with Crippen molar-refractivity contribution in [2.24, 2.45) is 23.7 Å². The molecule has 7 heteroatoms. The van der Waals surface area contributed by atoms with Gasteiger partial charge in [-0.05, 0) is 43.2 Å². The number of carbonyl (C=O) groups is 2. The van der Waals surface area contributed by atoms with E-state index in [1.807, 2.05) is 0 Å². The topological polar surface area (TPSA) is 77.3 Å². The third-order valence-electron chi connectivity index (χ3n) is 6.01. The van der Waals surface area contributed by atoms with Crippen LogP contribution in [-0.2, 0) is 9.59 Å². The van der Waals surface area contributed by atoms with E-state index in [9.17, 15) is 9.59 Å². The lowest BCUT2D eigenvalue weighted by Gasteiger charge is -2.19. The van der Waals surface area contributed by atoms with Crippen LogP contribution in [0.2, 0.25) is 0 Å². The molecule has 7 nitrogen and oxygen atoms in total. The molecule has 2 unspecified atom stereocenters. The highest BCUT2D eigenvalue weighted by atomic mass is 16.5. The summed E-state index contributed by atoms with van der Waals surface area (Å²) in [6.07, 6.45) is 6.21. The van der Waals surface area contributed by atoms with Crippen LogP contribution in [0, 0.1) is 23.7 Å². The zero-order valence-electron chi connectivity index (χ0n) is 13.8. The van der Waals surface area contributed by atoms with Gasteiger partial charge in [0.25, 0.3) is 0 Å². The summed E-state index contributed by atoms with van der Waals surface area (Å²) in [7, 11) is 1.56. The second-order valence-corrected chi connectivity index (χ2v) is 7.09. The standard InChI is InChI=1S/C18H18N4O3/c1-25-14-7-12(4-5-13(14)21-9-19-8-20-21)22-17(23)15-10-2-3-11(6-10)16(15)18(22)24/h4-5,7-11,15-16H,2-3,6H2,1H3/t10?,11?,15-,16+. The molecular weight excluding hydrogens is 320 g/mol. The minimum atomic E-state index is -0.118. The van der Waals surface area contributed by atoms with Crippen molar-refractivity contribution in [3.05, 3.63) is 30.9 Å². The van der Waals surface area contributed by atoms with E-state index in [2.05, 4.69) is 10.1 Å². The number of fused-ring (bicyclic) bond motifs is 5. The zero-order valence-corrected chi connectivity index (χ0v) is 13.8. The molecule has 4 atom stereocenters. The van der Waals surface area contributed by atoms with Gasteiger partial charge in [-0.15, -0.1) is 0 Å². The van der Waals surface area contributed by atoms with Gasteiger partial charge in [0.2, 0.25) is 11.8 Å². The molecule has 3 aliphatic rings. The molecule has 2 saturated carbocycles. The molecule has 2 amide bonds. The highest BCUT2D eigenvalue weighted by Crippen LogP contribution is 2.56. The van der Waals surface area contributed by atoms with Crippen molar-refractivity contribution in [2.45, 2.75) is 19.3 Å². The van der Waals surface area contributed by atoms with Crippen molar-refractivity contribution in [3.8, 4) is 11.4 Å². The number of nitrogens with zero attached hydrogens (tertiary/aromatic N) is 4. The maximum atomic E-state index is 12.9. The van der Waals surface area contributed by atoms with Crippen molar-refractivity contribution in [2.75, 3.05) is 12.0 Å². The van der Waals surface area contributed by atoms with Crippen LogP contribution < -0.4 is 9.64 Å². The molecule has 2 heterocycles. The number of rotatable bonds is 3. The SMILES string of the molecule is COc1cc(N2C(=O)[C@@H]3C4CCC(C4)[C@@H]3C2=O)ccc1-n1cncn1. The van der Waals surface area contributed by atoms with E-state index in [0.717, 1.165) is 19.3 Å². The fourth-order valence-electron chi connectivity index (χ4n) is 4.99. The maximum absolute atomic E-state index is 12.9. The highest BCUT2D eigenvalue weighted by Gasteiger charge is 2.61. The molecule has 2 aromatic rings. The number of benzene rings is 1. The number of ether oxygens (including phenoxy) is 1. The Labute approximate surface area is 144 Å². The number of methoxy groups -OCH3 is 1. The quantitative estimate of drug-likeness (QED) is 0.798. The average Bonchev–Trinajstić information content (AvgIpc) is 3.39. The van der Waals surface area contributed by atoms with E-state index in [1.165, 1.54) is 11.2 Å². The summed E-state index contributed by atoms with van der Waals surface area (Å²) in [5.74, 6) is 0.985. The van der Waals surface area contributed by atoms with Gasteiger partial charge < -0.3 is 4.74 Å². The molecule has 0 spiro atoms. The largest absolute Gasteiger partial charge is 0.494 e. The van der Waals surface area contributed by atoms with E-state index >= 15 is 0 Å². The van der Waals surface area contributed by atoms with Crippen molar-refractivity contribution < 1.29 is 14.3 Å². The molecule has 0 N–H and O–H groups in total. The minimum absolute atomic E-state index is 0.0437. The lowest BCUT2D eigenvalue weighted by molar-refractivity contribution is -0.123. The van der Waals surface area contributed by atoms with Crippen LogP contribution in [0.25, 0.3) is 5.69 Å². The zero-order chi connectivity index (χ0) is 17.1. The molecule has 1 aromatic carbocycles. The van der Waals surface area contributed by atoms with E-state index in [-0.39, 0.29) is 23.7 Å². The van der Waals surface area contributed by atoms with Crippen molar-refractivity contribution in [1.82, 2.24) is 14.8 Å². The van der Waals surface area contributed by atoms with Crippen LogP contribution in [-0.4, -0.2) is 33.7 Å². The first kappa shape index (κ1) is 14.6. The Hall–Kier alpha value is -2.70. The maximum Gasteiger partial charge on any atom is 0.237 e. The van der Waals surface area contributed by atoms with Crippen LogP contribution >= 0.6 is 0 Å². The van der Waals surface area contributed by atoms with Crippen molar-refractivity contribution in [3.63, 3.8) is 0 Å².